The SMILES string of the molecule is CC1C(N)CCN(Cc2ccccc2Br)C1C. The van der Waals surface area contributed by atoms with Crippen molar-refractivity contribution in [1.82, 2.24) is 4.90 Å². The van der Waals surface area contributed by atoms with Crippen molar-refractivity contribution in [3.05, 3.63) is 34.3 Å². The quantitative estimate of drug-likeness (QED) is 0.909. The van der Waals surface area contributed by atoms with E-state index in [1.54, 1.807) is 0 Å². The standard InChI is InChI=1S/C14H21BrN2/c1-10-11(2)17(8-7-14(10)16)9-12-5-3-4-6-13(12)15/h3-6,10-11,14H,7-9,16H2,1-2H3. The summed E-state index contributed by atoms with van der Waals surface area (Å²) in [5, 5.41) is 0. The molecule has 2 rings (SSSR count). The monoisotopic (exact) mass is 296 g/mol. The average Bonchev–Trinajstić information content (AvgIpc) is 2.32. The number of likely N-dealkylation sites (tertiary alicyclic amines) is 1. The third-order valence-corrected chi connectivity index (χ3v) is 4.87. The lowest BCUT2D eigenvalue weighted by Crippen LogP contribution is -2.51. The number of hydrogen-bond acceptors (Lipinski definition) is 2. The molecule has 17 heavy (non-hydrogen) atoms. The van der Waals surface area contributed by atoms with Crippen molar-refractivity contribution in [3.63, 3.8) is 0 Å². The Morgan fingerprint density at radius 2 is 2.06 bits per heavy atom. The Morgan fingerprint density at radius 3 is 2.76 bits per heavy atom. The van der Waals surface area contributed by atoms with E-state index in [1.807, 2.05) is 0 Å². The maximum Gasteiger partial charge on any atom is 0.0247 e. The summed E-state index contributed by atoms with van der Waals surface area (Å²) in [6, 6.07) is 9.39. The molecule has 2 nitrogen and oxygen atoms in total. The summed E-state index contributed by atoms with van der Waals surface area (Å²) in [5.41, 5.74) is 7.48. The second-order valence-electron chi connectivity index (χ2n) is 5.11. The van der Waals surface area contributed by atoms with Gasteiger partial charge in [-0.25, -0.2) is 0 Å². The first kappa shape index (κ1) is 13.1. The summed E-state index contributed by atoms with van der Waals surface area (Å²) in [5.74, 6) is 0.575. The normalized spacial score (nSPS) is 30.5. The van der Waals surface area contributed by atoms with Gasteiger partial charge in [0.25, 0.3) is 0 Å². The van der Waals surface area contributed by atoms with E-state index in [4.69, 9.17) is 5.73 Å². The van der Waals surface area contributed by atoms with Crippen molar-refractivity contribution in [2.75, 3.05) is 6.54 Å². The average molecular weight is 297 g/mol. The molecular formula is C14H21BrN2. The van der Waals surface area contributed by atoms with Gasteiger partial charge in [0.15, 0.2) is 0 Å². The first-order chi connectivity index (χ1) is 8.09. The van der Waals surface area contributed by atoms with E-state index in [0.717, 1.165) is 19.5 Å². The van der Waals surface area contributed by atoms with E-state index in [2.05, 4.69) is 58.9 Å². The Balaban J connectivity index is 2.07. The van der Waals surface area contributed by atoms with Crippen molar-refractivity contribution in [2.24, 2.45) is 11.7 Å². The molecule has 0 bridgehead atoms. The van der Waals surface area contributed by atoms with Gasteiger partial charge in [0.2, 0.25) is 0 Å². The van der Waals surface area contributed by atoms with E-state index in [1.165, 1.54) is 10.0 Å². The van der Waals surface area contributed by atoms with Gasteiger partial charge >= 0.3 is 0 Å². The van der Waals surface area contributed by atoms with E-state index in [9.17, 15) is 0 Å². The lowest BCUT2D eigenvalue weighted by atomic mass is 9.87. The first-order valence-electron chi connectivity index (χ1n) is 6.32. The minimum Gasteiger partial charge on any atom is -0.327 e. The van der Waals surface area contributed by atoms with Gasteiger partial charge in [-0.2, -0.15) is 0 Å². The smallest absolute Gasteiger partial charge is 0.0247 e. The fraction of sp³-hybridized carbons (Fsp3) is 0.571. The Morgan fingerprint density at radius 1 is 1.35 bits per heavy atom. The summed E-state index contributed by atoms with van der Waals surface area (Å²) in [4.78, 5) is 2.54. The van der Waals surface area contributed by atoms with E-state index in [0.29, 0.717) is 18.0 Å². The largest absolute Gasteiger partial charge is 0.327 e. The third-order valence-electron chi connectivity index (χ3n) is 4.09. The lowest BCUT2D eigenvalue weighted by Gasteiger charge is -2.41. The molecule has 3 unspecified atom stereocenters. The number of nitrogens with two attached hydrogens (primary N) is 1. The molecule has 3 heteroatoms. The molecule has 1 aliphatic rings. The molecule has 1 aliphatic heterocycles. The van der Waals surface area contributed by atoms with Crippen LogP contribution in [0.15, 0.2) is 28.7 Å². The van der Waals surface area contributed by atoms with Crippen LogP contribution in [0.4, 0.5) is 0 Å². The van der Waals surface area contributed by atoms with Gasteiger partial charge in [-0.3, -0.25) is 4.90 Å². The molecule has 1 aromatic rings. The molecule has 1 aromatic carbocycles. The molecule has 2 N–H and O–H groups in total. The van der Waals surface area contributed by atoms with Crippen LogP contribution in [0.2, 0.25) is 0 Å². The van der Waals surface area contributed by atoms with Crippen LogP contribution in [0, 0.1) is 5.92 Å². The second-order valence-corrected chi connectivity index (χ2v) is 5.97. The van der Waals surface area contributed by atoms with Crippen molar-refractivity contribution < 1.29 is 0 Å². The molecule has 0 spiro atoms. The predicted octanol–water partition coefficient (Wildman–Crippen LogP) is 3.01. The third kappa shape index (κ3) is 2.90. The Hall–Kier alpha value is -0.380. The van der Waals surface area contributed by atoms with Gasteiger partial charge in [0.1, 0.15) is 0 Å². The highest BCUT2D eigenvalue weighted by molar-refractivity contribution is 9.10. The fourth-order valence-electron chi connectivity index (χ4n) is 2.54. The number of halogens is 1. The van der Waals surface area contributed by atoms with Crippen molar-refractivity contribution in [3.8, 4) is 0 Å². The molecular weight excluding hydrogens is 276 g/mol. The van der Waals surface area contributed by atoms with Gasteiger partial charge in [-0.15, -0.1) is 0 Å². The van der Waals surface area contributed by atoms with Gasteiger partial charge in [0, 0.05) is 29.6 Å². The van der Waals surface area contributed by atoms with Crippen LogP contribution in [0.3, 0.4) is 0 Å². The summed E-state index contributed by atoms with van der Waals surface area (Å²) >= 11 is 3.62. The van der Waals surface area contributed by atoms with Gasteiger partial charge in [-0.05, 0) is 30.9 Å². The summed E-state index contributed by atoms with van der Waals surface area (Å²) in [7, 11) is 0. The zero-order valence-electron chi connectivity index (χ0n) is 10.6. The highest BCUT2D eigenvalue weighted by Gasteiger charge is 2.30. The minimum absolute atomic E-state index is 0.362. The number of hydrogen-bond donors (Lipinski definition) is 1. The van der Waals surface area contributed by atoms with Gasteiger partial charge in [0.05, 0.1) is 0 Å². The Labute approximate surface area is 112 Å². The highest BCUT2D eigenvalue weighted by Crippen LogP contribution is 2.26. The Bertz CT molecular complexity index is 380. The van der Waals surface area contributed by atoms with E-state index >= 15 is 0 Å². The zero-order chi connectivity index (χ0) is 12.4. The molecule has 0 aromatic heterocycles. The van der Waals surface area contributed by atoms with E-state index < -0.39 is 0 Å². The van der Waals surface area contributed by atoms with Crippen LogP contribution in [0.25, 0.3) is 0 Å². The highest BCUT2D eigenvalue weighted by atomic mass is 79.9. The van der Waals surface area contributed by atoms with Gasteiger partial charge in [-0.1, -0.05) is 41.1 Å². The molecule has 0 amide bonds. The number of piperidine rings is 1. The van der Waals surface area contributed by atoms with Crippen LogP contribution in [-0.4, -0.2) is 23.5 Å². The van der Waals surface area contributed by atoms with Crippen LogP contribution >= 0.6 is 15.9 Å². The second kappa shape index (κ2) is 5.51. The van der Waals surface area contributed by atoms with Crippen molar-refractivity contribution in [1.29, 1.82) is 0 Å². The lowest BCUT2D eigenvalue weighted by molar-refractivity contribution is 0.0908. The first-order valence-corrected chi connectivity index (χ1v) is 7.12. The van der Waals surface area contributed by atoms with Crippen LogP contribution in [0.5, 0.6) is 0 Å². The maximum absolute atomic E-state index is 6.12. The molecule has 94 valence electrons. The molecule has 1 heterocycles. The van der Waals surface area contributed by atoms with Gasteiger partial charge < -0.3 is 5.73 Å². The molecule has 1 saturated heterocycles. The summed E-state index contributed by atoms with van der Waals surface area (Å²) < 4.78 is 1.20. The predicted molar refractivity (Wildman–Crippen MR) is 75.8 cm³/mol. The van der Waals surface area contributed by atoms with Crippen molar-refractivity contribution in [2.45, 2.75) is 38.9 Å². The number of nitrogens with zero attached hydrogens (tertiary/aromatic N) is 1. The minimum atomic E-state index is 0.362. The molecule has 0 aliphatic carbocycles. The topological polar surface area (TPSA) is 29.3 Å². The number of benzene rings is 1. The summed E-state index contributed by atoms with van der Waals surface area (Å²) in [6.07, 6.45) is 1.11. The van der Waals surface area contributed by atoms with Crippen LogP contribution in [-0.2, 0) is 6.54 Å². The van der Waals surface area contributed by atoms with E-state index in [-0.39, 0.29) is 0 Å². The van der Waals surface area contributed by atoms with Crippen molar-refractivity contribution >= 4 is 15.9 Å². The maximum atomic E-state index is 6.12. The fourth-order valence-corrected chi connectivity index (χ4v) is 2.95. The van der Waals surface area contributed by atoms with Crippen LogP contribution in [0.1, 0.15) is 25.8 Å². The molecule has 1 fully saturated rings. The molecule has 3 atom stereocenters. The molecule has 0 radical (unpaired) electrons. The zero-order valence-corrected chi connectivity index (χ0v) is 12.2. The van der Waals surface area contributed by atoms with Crippen LogP contribution < -0.4 is 5.73 Å². The molecule has 0 saturated carbocycles. The summed E-state index contributed by atoms with van der Waals surface area (Å²) in [6.45, 7) is 6.68. The number of rotatable bonds is 2. The Kier molecular flexibility index (Phi) is 4.23.